The molecule has 0 unspecified atom stereocenters. The summed E-state index contributed by atoms with van der Waals surface area (Å²) in [6, 6.07) is 24.4. The first kappa shape index (κ1) is 30.7. The number of ether oxygens (including phenoxy) is 2. The van der Waals surface area contributed by atoms with E-state index in [-0.39, 0.29) is 56.0 Å². The molecule has 0 saturated heterocycles. The zero-order valence-electron chi connectivity index (χ0n) is 22.0. The fraction of sp³-hybridized carbons (Fsp3) is 0.290. The van der Waals surface area contributed by atoms with Crippen molar-refractivity contribution in [3.8, 4) is 11.5 Å². The molecule has 39 heavy (non-hydrogen) atoms. The Bertz CT molecular complexity index is 1370. The molecule has 4 rings (SSSR count). The van der Waals surface area contributed by atoms with E-state index < -0.39 is 11.8 Å². The first-order chi connectivity index (χ1) is 18.2. The number of halogens is 1. The summed E-state index contributed by atoms with van der Waals surface area (Å²) in [7, 11) is 0. The van der Waals surface area contributed by atoms with Crippen LogP contribution < -0.4 is 9.47 Å². The number of nitrogens with zero attached hydrogens (tertiary/aromatic N) is 2. The van der Waals surface area contributed by atoms with Crippen molar-refractivity contribution in [2.45, 2.75) is 58.8 Å². The second-order valence-corrected chi connectivity index (χ2v) is 10.3. The van der Waals surface area contributed by atoms with E-state index in [0.717, 1.165) is 28.3 Å². The van der Waals surface area contributed by atoms with Gasteiger partial charge >= 0.3 is 43.7 Å². The minimum absolute atomic E-state index is 0. The summed E-state index contributed by atoms with van der Waals surface area (Å²) in [5.74, 6) is -0.191. The fourth-order valence-electron chi connectivity index (χ4n) is 3.89. The van der Waals surface area contributed by atoms with Crippen molar-refractivity contribution >= 4 is 43.7 Å². The monoisotopic (exact) mass is 558 g/mol. The van der Waals surface area contributed by atoms with Crippen LogP contribution in [0.5, 0.6) is 11.5 Å². The topological polar surface area (TPSA) is 73.6 Å². The molecule has 0 fully saturated rings. The third kappa shape index (κ3) is 9.09. The number of para-hydroxylation sites is 1. The first-order valence-electron chi connectivity index (χ1n) is 12.6. The molecule has 8 heteroatoms. The molecule has 0 aliphatic heterocycles. The van der Waals surface area contributed by atoms with Gasteiger partial charge in [-0.1, -0.05) is 69.3 Å². The second kappa shape index (κ2) is 14.0. The molecular weight excluding hydrogens is 523 g/mol. The Morgan fingerprint density at radius 1 is 0.897 bits per heavy atom. The number of rotatable bonds is 11. The average Bonchev–Trinajstić information content (AvgIpc) is 3.30. The predicted molar refractivity (Wildman–Crippen MR) is 152 cm³/mol. The number of aromatic nitrogens is 2. The van der Waals surface area contributed by atoms with Crippen LogP contribution in [0.3, 0.4) is 0 Å². The van der Waals surface area contributed by atoms with Gasteiger partial charge in [0.05, 0.1) is 17.9 Å². The molecule has 1 N–H and O–H groups in total. The van der Waals surface area contributed by atoms with Crippen LogP contribution in [0.4, 0.5) is 4.39 Å². The second-order valence-electron chi connectivity index (χ2n) is 10.3. The van der Waals surface area contributed by atoms with Gasteiger partial charge in [-0.15, -0.1) is 0 Å². The van der Waals surface area contributed by atoms with Crippen molar-refractivity contribution in [3.63, 3.8) is 0 Å². The van der Waals surface area contributed by atoms with E-state index in [1.54, 1.807) is 12.1 Å². The molecule has 0 bridgehead atoms. The summed E-state index contributed by atoms with van der Waals surface area (Å²) in [5, 5.41) is 13.7. The van der Waals surface area contributed by atoms with Crippen molar-refractivity contribution in [2.75, 3.05) is 0 Å². The van der Waals surface area contributed by atoms with Gasteiger partial charge in [0.2, 0.25) is 0 Å². The van der Waals surface area contributed by atoms with Crippen molar-refractivity contribution in [1.29, 1.82) is 0 Å². The van der Waals surface area contributed by atoms with Crippen LogP contribution >= 0.6 is 0 Å². The van der Waals surface area contributed by atoms with E-state index in [1.165, 1.54) is 6.07 Å². The molecule has 0 saturated carbocycles. The molecule has 1 heterocycles. The van der Waals surface area contributed by atoms with E-state index in [4.69, 9.17) is 19.7 Å². The van der Waals surface area contributed by atoms with Gasteiger partial charge in [0, 0.05) is 17.9 Å². The number of benzene rings is 3. The van der Waals surface area contributed by atoms with Crippen LogP contribution in [-0.4, -0.2) is 58.6 Å². The normalized spacial score (nSPS) is 11.1. The Morgan fingerprint density at radius 2 is 1.56 bits per heavy atom. The zero-order valence-corrected chi connectivity index (χ0v) is 22.0. The number of carboxylic acids is 1. The summed E-state index contributed by atoms with van der Waals surface area (Å²) < 4.78 is 28.0. The molecule has 0 amide bonds. The summed E-state index contributed by atoms with van der Waals surface area (Å²) in [4.78, 5) is 10.7. The molecule has 4 aromatic rings. The number of aliphatic carboxylic acids is 1. The van der Waals surface area contributed by atoms with E-state index in [2.05, 4.69) is 26.8 Å². The van der Waals surface area contributed by atoms with Crippen molar-refractivity contribution < 1.29 is 23.8 Å². The third-order valence-corrected chi connectivity index (χ3v) is 6.16. The molecule has 202 valence electrons. The van der Waals surface area contributed by atoms with Crippen LogP contribution in [0, 0.1) is 5.82 Å². The summed E-state index contributed by atoms with van der Waals surface area (Å²) in [6.45, 7) is 7.75. The Kier molecular flexibility index (Phi) is 11.0. The summed E-state index contributed by atoms with van der Waals surface area (Å²) in [5.41, 5.74) is 4.34. The quantitative estimate of drug-likeness (QED) is 0.242. The number of carboxylic acid groups (broad SMARTS) is 1. The Labute approximate surface area is 258 Å². The van der Waals surface area contributed by atoms with Crippen LogP contribution in [0.15, 0.2) is 78.9 Å². The number of hydrogen-bond donors (Lipinski definition) is 1. The average molecular weight is 559 g/mol. The van der Waals surface area contributed by atoms with Gasteiger partial charge in [-0.05, 0) is 47.4 Å². The molecule has 6 nitrogen and oxygen atoms in total. The van der Waals surface area contributed by atoms with E-state index >= 15 is 0 Å². The molecule has 0 aliphatic carbocycles. The predicted octanol–water partition coefficient (Wildman–Crippen LogP) is 5.63. The van der Waals surface area contributed by atoms with Crippen molar-refractivity contribution in [1.82, 2.24) is 9.78 Å². The van der Waals surface area contributed by atoms with Gasteiger partial charge in [0.1, 0.15) is 30.5 Å². The molecule has 0 atom stereocenters. The van der Waals surface area contributed by atoms with Crippen LogP contribution in [-0.2, 0) is 36.4 Å². The van der Waals surface area contributed by atoms with E-state index in [0.29, 0.717) is 31.1 Å². The number of aryl methyl sites for hydroxylation is 1. The Hall–Kier alpha value is -2.87. The van der Waals surface area contributed by atoms with Gasteiger partial charge < -0.3 is 14.6 Å². The molecule has 0 spiro atoms. The van der Waals surface area contributed by atoms with Crippen LogP contribution in [0.1, 0.15) is 55.3 Å². The number of carbonyl (C=O) groups is 1. The number of hydrogen-bond acceptors (Lipinski definition) is 4. The van der Waals surface area contributed by atoms with E-state index in [1.807, 2.05) is 59.3 Å². The molecule has 0 aliphatic rings. The SMILES string of the molecule is CC(C)(C)c1cc(COc2ccccc2)n(Cc2ccc(COc3ccc(CCC(=O)O)c(F)c3)cc2)n1.[CaH2]. The van der Waals surface area contributed by atoms with E-state index in [9.17, 15) is 9.18 Å². The van der Waals surface area contributed by atoms with Crippen molar-refractivity contribution in [3.05, 3.63) is 113 Å². The van der Waals surface area contributed by atoms with Gasteiger partial charge in [0.25, 0.3) is 0 Å². The maximum absolute atomic E-state index is 14.3. The minimum atomic E-state index is -0.952. The molecule has 0 radical (unpaired) electrons. The van der Waals surface area contributed by atoms with Crippen LogP contribution in [0.25, 0.3) is 0 Å². The molecule has 3 aromatic carbocycles. The molecular formula is C31H35CaFN2O4. The van der Waals surface area contributed by atoms with Gasteiger partial charge in [-0.25, -0.2) is 4.39 Å². The van der Waals surface area contributed by atoms with Gasteiger partial charge in [-0.3, -0.25) is 9.48 Å². The summed E-state index contributed by atoms with van der Waals surface area (Å²) >= 11 is 0. The maximum atomic E-state index is 14.3. The molecule has 1 aromatic heterocycles. The Balaban J connectivity index is 0.00000420. The van der Waals surface area contributed by atoms with Crippen molar-refractivity contribution in [2.24, 2.45) is 0 Å². The summed E-state index contributed by atoms with van der Waals surface area (Å²) in [6.07, 6.45) is 0.0393. The van der Waals surface area contributed by atoms with Gasteiger partial charge in [0.15, 0.2) is 0 Å². The van der Waals surface area contributed by atoms with Gasteiger partial charge in [-0.2, -0.15) is 5.10 Å². The first-order valence-corrected chi connectivity index (χ1v) is 12.6. The Morgan fingerprint density at radius 3 is 2.21 bits per heavy atom. The third-order valence-electron chi connectivity index (χ3n) is 6.16. The van der Waals surface area contributed by atoms with Crippen LogP contribution in [0.2, 0.25) is 0 Å². The standard InChI is InChI=1S/C31H33FN2O4.Ca.2H/c1-31(2,3)29-17-25(21-38-26-7-5-4-6-8-26)34(33-29)19-22-9-11-23(12-10-22)20-37-27-15-13-24(28(32)18-27)14-16-30(35)36;;;/h4-13,15,17-18H,14,16,19-21H2,1-3H3,(H,35,36);;;. The fourth-order valence-corrected chi connectivity index (χ4v) is 3.89. The zero-order chi connectivity index (χ0) is 27.1.